The molecule has 0 saturated carbocycles. The molecule has 0 bridgehead atoms. The summed E-state index contributed by atoms with van der Waals surface area (Å²) in [5, 5.41) is 2.73. The first-order valence-electron chi connectivity index (χ1n) is 7.21. The third kappa shape index (κ3) is 8.08. The fourth-order valence-electron chi connectivity index (χ4n) is 1.74. The summed E-state index contributed by atoms with van der Waals surface area (Å²) in [6.07, 6.45) is 4.74. The fraction of sp³-hybridized carbons (Fsp3) is 0.533. The van der Waals surface area contributed by atoms with Gasteiger partial charge in [-0.2, -0.15) is 0 Å². The Morgan fingerprint density at radius 1 is 1.32 bits per heavy atom. The monoisotopic (exact) mass is 307 g/mol. The van der Waals surface area contributed by atoms with Gasteiger partial charge < -0.3 is 21.5 Å². The number of aromatic nitrogens is 1. The summed E-state index contributed by atoms with van der Waals surface area (Å²) >= 11 is 0. The topological polar surface area (TPSA) is 116 Å². The third-order valence-corrected chi connectivity index (χ3v) is 2.61. The molecule has 0 aliphatic heterocycles. The molecule has 1 heterocycles. The van der Waals surface area contributed by atoms with Gasteiger partial charge in [0.1, 0.15) is 5.60 Å². The van der Waals surface area contributed by atoms with Gasteiger partial charge in [0.15, 0.2) is 5.96 Å². The second-order valence-electron chi connectivity index (χ2n) is 5.97. The fourth-order valence-corrected chi connectivity index (χ4v) is 1.74. The number of aryl methyl sites for hydroxylation is 1. The Kier molecular flexibility index (Phi) is 6.62. The van der Waals surface area contributed by atoms with Gasteiger partial charge in [0, 0.05) is 18.9 Å². The second-order valence-corrected chi connectivity index (χ2v) is 5.97. The first-order chi connectivity index (χ1) is 10.3. The van der Waals surface area contributed by atoms with E-state index in [0.717, 1.165) is 24.0 Å². The van der Waals surface area contributed by atoms with E-state index in [2.05, 4.69) is 15.3 Å². The molecule has 1 rings (SSSR count). The summed E-state index contributed by atoms with van der Waals surface area (Å²) in [6.45, 7) is 6.47. The molecular formula is C15H25N5O2. The van der Waals surface area contributed by atoms with Crippen LogP contribution in [0.1, 0.15) is 38.3 Å². The first-order valence-corrected chi connectivity index (χ1v) is 7.21. The van der Waals surface area contributed by atoms with Crippen molar-refractivity contribution in [3.63, 3.8) is 0 Å². The van der Waals surface area contributed by atoms with Crippen molar-refractivity contribution in [2.45, 2.75) is 45.8 Å². The lowest BCUT2D eigenvalue weighted by Crippen LogP contribution is -2.33. The SMILES string of the molecule is CC(C)(C)OC(=O)NCCCc1cncc(CN=C(N)N)c1. The predicted octanol–water partition coefficient (Wildman–Crippen LogP) is 1.31. The molecule has 0 saturated heterocycles. The molecule has 0 fully saturated rings. The Labute approximate surface area is 131 Å². The standard InChI is InChI=1S/C15H25N5O2/c1-15(2,3)22-14(21)19-6-4-5-11-7-12(9-18-8-11)10-20-13(16)17/h7-9H,4-6,10H2,1-3H3,(H,19,21)(H4,16,17,20). The molecule has 1 aromatic heterocycles. The maximum Gasteiger partial charge on any atom is 0.407 e. The predicted molar refractivity (Wildman–Crippen MR) is 86.3 cm³/mol. The number of guanidine groups is 1. The number of nitrogens with two attached hydrogens (primary N) is 2. The van der Waals surface area contributed by atoms with Gasteiger partial charge in [-0.1, -0.05) is 6.07 Å². The Morgan fingerprint density at radius 2 is 2.00 bits per heavy atom. The highest BCUT2D eigenvalue weighted by molar-refractivity contribution is 5.75. The highest BCUT2D eigenvalue weighted by atomic mass is 16.6. The number of nitrogens with zero attached hydrogens (tertiary/aromatic N) is 2. The van der Waals surface area contributed by atoms with E-state index in [0.29, 0.717) is 13.1 Å². The van der Waals surface area contributed by atoms with Crippen LogP contribution in [0.2, 0.25) is 0 Å². The summed E-state index contributed by atoms with van der Waals surface area (Å²) in [4.78, 5) is 19.6. The van der Waals surface area contributed by atoms with Gasteiger partial charge in [-0.25, -0.2) is 9.79 Å². The number of alkyl carbamates (subject to hydrolysis) is 1. The van der Waals surface area contributed by atoms with E-state index in [1.54, 1.807) is 12.4 Å². The molecule has 1 aromatic rings. The highest BCUT2D eigenvalue weighted by Crippen LogP contribution is 2.08. The number of carbonyl (C=O) groups excluding carboxylic acids is 1. The maximum atomic E-state index is 11.5. The molecule has 7 heteroatoms. The molecule has 0 radical (unpaired) electrons. The summed E-state index contributed by atoms with van der Waals surface area (Å²) < 4.78 is 5.16. The van der Waals surface area contributed by atoms with Gasteiger partial charge in [-0.05, 0) is 44.7 Å². The van der Waals surface area contributed by atoms with Crippen molar-refractivity contribution in [1.29, 1.82) is 0 Å². The number of ether oxygens (including phenoxy) is 1. The quantitative estimate of drug-likeness (QED) is 0.416. The van der Waals surface area contributed by atoms with Crippen LogP contribution >= 0.6 is 0 Å². The summed E-state index contributed by atoms with van der Waals surface area (Å²) in [6, 6.07) is 2.01. The average molecular weight is 307 g/mol. The smallest absolute Gasteiger partial charge is 0.407 e. The Bertz CT molecular complexity index is 519. The Hall–Kier alpha value is -2.31. The molecular weight excluding hydrogens is 282 g/mol. The largest absolute Gasteiger partial charge is 0.444 e. The number of aliphatic imine (C=N–C) groups is 1. The van der Waals surface area contributed by atoms with E-state index in [4.69, 9.17) is 16.2 Å². The van der Waals surface area contributed by atoms with Crippen molar-refractivity contribution in [3.8, 4) is 0 Å². The van der Waals surface area contributed by atoms with Crippen LogP contribution in [0.5, 0.6) is 0 Å². The van der Waals surface area contributed by atoms with Gasteiger partial charge in [-0.3, -0.25) is 4.98 Å². The zero-order chi connectivity index (χ0) is 16.6. The van der Waals surface area contributed by atoms with Crippen LogP contribution in [-0.2, 0) is 17.7 Å². The molecule has 0 aliphatic carbocycles. The molecule has 0 atom stereocenters. The van der Waals surface area contributed by atoms with E-state index in [9.17, 15) is 4.79 Å². The van der Waals surface area contributed by atoms with Crippen LogP contribution in [0.4, 0.5) is 4.79 Å². The number of nitrogens with one attached hydrogen (secondary N) is 1. The van der Waals surface area contributed by atoms with Crippen molar-refractivity contribution in [2.75, 3.05) is 6.54 Å². The minimum Gasteiger partial charge on any atom is -0.444 e. The average Bonchev–Trinajstić information content (AvgIpc) is 2.40. The molecule has 122 valence electrons. The van der Waals surface area contributed by atoms with Crippen LogP contribution in [0, 0.1) is 0 Å². The molecule has 1 amide bonds. The number of rotatable bonds is 6. The molecule has 0 aromatic carbocycles. The Morgan fingerprint density at radius 3 is 2.64 bits per heavy atom. The molecule has 7 nitrogen and oxygen atoms in total. The van der Waals surface area contributed by atoms with Crippen LogP contribution in [-0.4, -0.2) is 29.2 Å². The van der Waals surface area contributed by atoms with Crippen LogP contribution < -0.4 is 16.8 Å². The third-order valence-electron chi connectivity index (χ3n) is 2.61. The molecule has 5 N–H and O–H groups in total. The van der Waals surface area contributed by atoms with Gasteiger partial charge in [0.05, 0.1) is 6.54 Å². The van der Waals surface area contributed by atoms with Crippen molar-refractivity contribution in [2.24, 2.45) is 16.5 Å². The lowest BCUT2D eigenvalue weighted by atomic mass is 10.1. The van der Waals surface area contributed by atoms with Crippen LogP contribution in [0.3, 0.4) is 0 Å². The molecule has 0 aliphatic rings. The number of carbonyl (C=O) groups is 1. The lowest BCUT2D eigenvalue weighted by Gasteiger charge is -2.19. The van der Waals surface area contributed by atoms with Gasteiger partial charge in [-0.15, -0.1) is 0 Å². The zero-order valence-electron chi connectivity index (χ0n) is 13.4. The molecule has 22 heavy (non-hydrogen) atoms. The van der Waals surface area contributed by atoms with E-state index in [1.807, 2.05) is 26.8 Å². The first kappa shape index (κ1) is 17.7. The van der Waals surface area contributed by atoms with E-state index >= 15 is 0 Å². The summed E-state index contributed by atoms with van der Waals surface area (Å²) in [5.41, 5.74) is 12.2. The number of hydrogen-bond donors (Lipinski definition) is 3. The van der Waals surface area contributed by atoms with Gasteiger partial charge >= 0.3 is 6.09 Å². The molecule has 0 unspecified atom stereocenters. The normalized spacial score (nSPS) is 10.9. The van der Waals surface area contributed by atoms with Gasteiger partial charge in [0.25, 0.3) is 0 Å². The van der Waals surface area contributed by atoms with Crippen molar-refractivity contribution in [3.05, 3.63) is 29.6 Å². The van der Waals surface area contributed by atoms with E-state index in [1.165, 1.54) is 0 Å². The number of amides is 1. The van der Waals surface area contributed by atoms with Crippen molar-refractivity contribution < 1.29 is 9.53 Å². The zero-order valence-corrected chi connectivity index (χ0v) is 13.4. The number of pyridine rings is 1. The Balaban J connectivity index is 2.35. The van der Waals surface area contributed by atoms with Gasteiger partial charge in [0.2, 0.25) is 0 Å². The minimum atomic E-state index is -0.478. The summed E-state index contributed by atoms with van der Waals surface area (Å²) in [5.74, 6) is 0.0620. The van der Waals surface area contributed by atoms with Crippen molar-refractivity contribution >= 4 is 12.1 Å². The maximum absolute atomic E-state index is 11.5. The van der Waals surface area contributed by atoms with E-state index in [-0.39, 0.29) is 5.96 Å². The van der Waals surface area contributed by atoms with Crippen molar-refractivity contribution in [1.82, 2.24) is 10.3 Å². The summed E-state index contributed by atoms with van der Waals surface area (Å²) in [7, 11) is 0. The van der Waals surface area contributed by atoms with Crippen LogP contribution in [0.25, 0.3) is 0 Å². The van der Waals surface area contributed by atoms with E-state index < -0.39 is 11.7 Å². The molecule has 0 spiro atoms. The lowest BCUT2D eigenvalue weighted by molar-refractivity contribution is 0.0527. The number of hydrogen-bond acceptors (Lipinski definition) is 4. The minimum absolute atomic E-state index is 0.0620. The van der Waals surface area contributed by atoms with Crippen LogP contribution in [0.15, 0.2) is 23.5 Å². The second kappa shape index (κ2) is 8.21. The highest BCUT2D eigenvalue weighted by Gasteiger charge is 2.15.